The maximum absolute atomic E-state index is 11.9. The minimum Gasteiger partial charge on any atom is -0.495 e. The number of urea groups is 1. The molecule has 1 aromatic carbocycles. The molecule has 23 heavy (non-hydrogen) atoms. The van der Waals surface area contributed by atoms with Crippen LogP contribution in [-0.2, 0) is 11.3 Å². The van der Waals surface area contributed by atoms with Gasteiger partial charge in [0.25, 0.3) is 0 Å². The predicted octanol–water partition coefficient (Wildman–Crippen LogP) is 2.27. The molecule has 0 saturated heterocycles. The number of hydrogen-bond donors (Lipinski definition) is 3. The van der Waals surface area contributed by atoms with Crippen LogP contribution in [0.2, 0.25) is 0 Å². The molecule has 0 aliphatic rings. The van der Waals surface area contributed by atoms with Crippen molar-refractivity contribution in [1.29, 1.82) is 0 Å². The number of ether oxygens (including phenoxy) is 1. The number of methoxy groups -OCH3 is 1. The smallest absolute Gasteiger partial charge is 0.319 e. The van der Waals surface area contributed by atoms with Crippen molar-refractivity contribution in [3.05, 3.63) is 35.7 Å². The zero-order valence-electron chi connectivity index (χ0n) is 13.1. The third kappa shape index (κ3) is 4.73. The molecule has 0 radical (unpaired) electrons. The highest BCUT2D eigenvalue weighted by atomic mass is 16.5. The summed E-state index contributed by atoms with van der Waals surface area (Å²) in [5.74, 6) is 0.952. The molecule has 8 nitrogen and oxygen atoms in total. The Balaban J connectivity index is 1.98. The fourth-order valence-corrected chi connectivity index (χ4v) is 1.92. The maximum Gasteiger partial charge on any atom is 0.319 e. The van der Waals surface area contributed by atoms with E-state index in [1.165, 1.54) is 14.0 Å². The first-order valence-corrected chi connectivity index (χ1v) is 6.90. The minimum absolute atomic E-state index is 0.230. The molecule has 1 heterocycles. The first-order chi connectivity index (χ1) is 11.0. The van der Waals surface area contributed by atoms with Crippen LogP contribution >= 0.6 is 0 Å². The fraction of sp³-hybridized carbons (Fsp3) is 0.267. The Morgan fingerprint density at radius 2 is 2.04 bits per heavy atom. The van der Waals surface area contributed by atoms with E-state index < -0.39 is 6.03 Å². The monoisotopic (exact) mass is 318 g/mol. The highest BCUT2D eigenvalue weighted by Gasteiger charge is 2.09. The van der Waals surface area contributed by atoms with Gasteiger partial charge in [0.2, 0.25) is 5.91 Å². The number of nitrogens with zero attached hydrogens (tertiary/aromatic N) is 1. The van der Waals surface area contributed by atoms with Crippen LogP contribution in [0.3, 0.4) is 0 Å². The molecule has 0 aliphatic carbocycles. The lowest BCUT2D eigenvalue weighted by Crippen LogP contribution is -2.28. The lowest BCUT2D eigenvalue weighted by Gasteiger charge is -2.12. The van der Waals surface area contributed by atoms with Crippen LogP contribution in [0.25, 0.3) is 0 Å². The number of carbonyl (C=O) groups excluding carboxylic acids is 2. The van der Waals surface area contributed by atoms with Crippen molar-refractivity contribution in [3.63, 3.8) is 0 Å². The SMILES string of the molecule is COc1ccc(NC(=O)NCc2cc(C)on2)cc1NC(C)=O. The summed E-state index contributed by atoms with van der Waals surface area (Å²) < 4.78 is 10.1. The van der Waals surface area contributed by atoms with Crippen LogP contribution in [0.15, 0.2) is 28.8 Å². The Hall–Kier alpha value is -3.03. The molecule has 0 saturated carbocycles. The average Bonchev–Trinajstić information content (AvgIpc) is 2.90. The van der Waals surface area contributed by atoms with Crippen molar-refractivity contribution in [2.24, 2.45) is 0 Å². The summed E-state index contributed by atoms with van der Waals surface area (Å²) in [5, 5.41) is 11.8. The van der Waals surface area contributed by atoms with Gasteiger partial charge in [0.15, 0.2) is 0 Å². The van der Waals surface area contributed by atoms with Gasteiger partial charge in [0.05, 0.1) is 19.3 Å². The van der Waals surface area contributed by atoms with Gasteiger partial charge in [0.1, 0.15) is 17.2 Å². The summed E-state index contributed by atoms with van der Waals surface area (Å²) in [5.41, 5.74) is 1.62. The molecular weight excluding hydrogens is 300 g/mol. The third-order valence-electron chi connectivity index (χ3n) is 2.87. The first-order valence-electron chi connectivity index (χ1n) is 6.90. The molecule has 8 heteroatoms. The minimum atomic E-state index is -0.399. The van der Waals surface area contributed by atoms with Gasteiger partial charge in [-0.1, -0.05) is 5.16 Å². The van der Waals surface area contributed by atoms with Crippen molar-refractivity contribution in [1.82, 2.24) is 10.5 Å². The van der Waals surface area contributed by atoms with E-state index in [2.05, 4.69) is 21.1 Å². The highest BCUT2D eigenvalue weighted by Crippen LogP contribution is 2.27. The van der Waals surface area contributed by atoms with Crippen molar-refractivity contribution in [2.75, 3.05) is 17.7 Å². The average molecular weight is 318 g/mol. The van der Waals surface area contributed by atoms with Gasteiger partial charge in [0, 0.05) is 18.7 Å². The zero-order chi connectivity index (χ0) is 16.8. The van der Waals surface area contributed by atoms with Gasteiger partial charge >= 0.3 is 6.03 Å². The van der Waals surface area contributed by atoms with Gasteiger partial charge < -0.3 is 25.2 Å². The molecule has 0 spiro atoms. The van der Waals surface area contributed by atoms with E-state index in [-0.39, 0.29) is 12.5 Å². The van der Waals surface area contributed by atoms with Gasteiger partial charge in [-0.3, -0.25) is 4.79 Å². The number of hydrogen-bond acceptors (Lipinski definition) is 5. The topological polar surface area (TPSA) is 105 Å². The lowest BCUT2D eigenvalue weighted by atomic mass is 10.2. The summed E-state index contributed by atoms with van der Waals surface area (Å²) in [6.07, 6.45) is 0. The number of nitrogens with one attached hydrogen (secondary N) is 3. The number of aromatic nitrogens is 1. The Morgan fingerprint density at radius 3 is 2.65 bits per heavy atom. The van der Waals surface area contributed by atoms with Crippen LogP contribution < -0.4 is 20.7 Å². The molecule has 0 fully saturated rings. The number of carbonyl (C=O) groups is 2. The van der Waals surface area contributed by atoms with Crippen LogP contribution in [0.4, 0.5) is 16.2 Å². The Kier molecular flexibility index (Phi) is 5.19. The molecule has 0 aliphatic heterocycles. The Bertz CT molecular complexity index is 711. The van der Waals surface area contributed by atoms with Crippen molar-refractivity contribution in [3.8, 4) is 5.75 Å². The van der Waals surface area contributed by atoms with Gasteiger partial charge in [-0.05, 0) is 25.1 Å². The van der Waals surface area contributed by atoms with Crippen molar-refractivity contribution in [2.45, 2.75) is 20.4 Å². The predicted molar refractivity (Wildman–Crippen MR) is 84.4 cm³/mol. The largest absolute Gasteiger partial charge is 0.495 e. The normalized spacial score (nSPS) is 10.0. The summed E-state index contributed by atoms with van der Waals surface area (Å²) >= 11 is 0. The van der Waals surface area contributed by atoms with Crippen LogP contribution in [0.1, 0.15) is 18.4 Å². The van der Waals surface area contributed by atoms with E-state index in [1.54, 1.807) is 31.2 Å². The van der Waals surface area contributed by atoms with Gasteiger partial charge in [-0.15, -0.1) is 0 Å². The standard InChI is InChI=1S/C15H18N4O4/c1-9-6-12(19-23-9)8-16-15(21)18-11-4-5-14(22-3)13(7-11)17-10(2)20/h4-7H,8H2,1-3H3,(H,17,20)(H2,16,18,21). The number of aryl methyl sites for hydroxylation is 1. The highest BCUT2D eigenvalue weighted by molar-refractivity contribution is 5.94. The second-order valence-electron chi connectivity index (χ2n) is 4.83. The molecule has 3 amide bonds. The molecule has 0 atom stereocenters. The Morgan fingerprint density at radius 1 is 1.26 bits per heavy atom. The van der Waals surface area contributed by atoms with E-state index >= 15 is 0 Å². The number of benzene rings is 1. The molecule has 0 unspecified atom stereocenters. The summed E-state index contributed by atoms with van der Waals surface area (Å²) in [7, 11) is 1.50. The van der Waals surface area contributed by atoms with Crippen LogP contribution in [0.5, 0.6) is 5.75 Å². The summed E-state index contributed by atoms with van der Waals surface area (Å²) in [6, 6.07) is 6.28. The van der Waals surface area contributed by atoms with Crippen molar-refractivity contribution < 1.29 is 18.8 Å². The van der Waals surface area contributed by atoms with Gasteiger partial charge in [-0.2, -0.15) is 0 Å². The quantitative estimate of drug-likeness (QED) is 0.784. The number of amides is 3. The van der Waals surface area contributed by atoms with Crippen LogP contribution in [0, 0.1) is 6.92 Å². The van der Waals surface area contributed by atoms with E-state index in [0.29, 0.717) is 28.6 Å². The van der Waals surface area contributed by atoms with Gasteiger partial charge in [-0.25, -0.2) is 4.79 Å². The van der Waals surface area contributed by atoms with E-state index in [1.807, 2.05) is 0 Å². The number of anilines is 2. The summed E-state index contributed by atoms with van der Waals surface area (Å²) in [6.45, 7) is 3.42. The Labute approximate surface area is 133 Å². The molecule has 2 aromatic rings. The molecule has 0 bridgehead atoms. The molecule has 122 valence electrons. The zero-order valence-corrected chi connectivity index (χ0v) is 13.1. The molecule has 1 aromatic heterocycles. The second kappa shape index (κ2) is 7.30. The van der Waals surface area contributed by atoms with Crippen LogP contribution in [-0.4, -0.2) is 24.2 Å². The van der Waals surface area contributed by atoms with Crippen molar-refractivity contribution >= 4 is 23.3 Å². The molecule has 2 rings (SSSR count). The molecule has 3 N–H and O–H groups in total. The maximum atomic E-state index is 11.9. The first kappa shape index (κ1) is 16.3. The summed E-state index contributed by atoms with van der Waals surface area (Å²) in [4.78, 5) is 23.1. The fourth-order valence-electron chi connectivity index (χ4n) is 1.92. The molecular formula is C15H18N4O4. The van der Waals surface area contributed by atoms with E-state index in [9.17, 15) is 9.59 Å². The number of rotatable bonds is 5. The lowest BCUT2D eigenvalue weighted by molar-refractivity contribution is -0.114. The second-order valence-corrected chi connectivity index (χ2v) is 4.83. The van der Waals surface area contributed by atoms with E-state index in [4.69, 9.17) is 9.26 Å². The van der Waals surface area contributed by atoms with E-state index in [0.717, 1.165) is 0 Å². The third-order valence-corrected chi connectivity index (χ3v) is 2.87.